The number of thiophene rings is 1. The lowest BCUT2D eigenvalue weighted by Crippen LogP contribution is -2.00. The third-order valence-electron chi connectivity index (χ3n) is 9.92. The van der Waals surface area contributed by atoms with E-state index in [0.29, 0.717) is 23.4 Å². The molecule has 3 aromatic heterocycles. The van der Waals surface area contributed by atoms with E-state index in [-0.39, 0.29) is 0 Å². The number of fused-ring (bicyclic) bond motifs is 10. The van der Waals surface area contributed by atoms with Gasteiger partial charge in [0.25, 0.3) is 0 Å². The van der Waals surface area contributed by atoms with Gasteiger partial charge in [0.05, 0.1) is 0 Å². The molecule has 6 heteroatoms. The maximum absolute atomic E-state index is 6.69. The third kappa shape index (κ3) is 4.62. The van der Waals surface area contributed by atoms with Crippen LogP contribution in [0.2, 0.25) is 0 Å². The van der Waals surface area contributed by atoms with Crippen LogP contribution in [0.4, 0.5) is 0 Å². The van der Waals surface area contributed by atoms with E-state index >= 15 is 0 Å². The van der Waals surface area contributed by atoms with Crippen LogP contribution in [-0.4, -0.2) is 19.9 Å². The molecule has 0 aliphatic carbocycles. The van der Waals surface area contributed by atoms with Gasteiger partial charge in [-0.15, -0.1) is 11.3 Å². The summed E-state index contributed by atoms with van der Waals surface area (Å²) in [4.78, 5) is 20.1. The summed E-state index contributed by atoms with van der Waals surface area (Å²) in [7, 11) is 0. The number of rotatable bonds is 4. The molecule has 0 radical (unpaired) electrons. The second-order valence-electron chi connectivity index (χ2n) is 13.0. The van der Waals surface area contributed by atoms with Gasteiger partial charge in [0, 0.05) is 47.8 Å². The summed E-state index contributed by atoms with van der Waals surface area (Å²) in [5, 5.41) is 9.42. The summed E-state index contributed by atoms with van der Waals surface area (Å²) in [5.74, 6) is 2.37. The molecule has 0 N–H and O–H groups in total. The lowest BCUT2D eigenvalue weighted by atomic mass is 10.00. The predicted octanol–water partition coefficient (Wildman–Crippen LogP) is 12.5. The third-order valence-corrected chi connectivity index (χ3v) is 11.1. The van der Waals surface area contributed by atoms with Crippen molar-refractivity contribution in [2.75, 3.05) is 0 Å². The fraction of sp³-hybridized carbons (Fsp3) is 0. The number of aromatic nitrogens is 4. The Balaban J connectivity index is 1.07. The van der Waals surface area contributed by atoms with E-state index in [2.05, 4.69) is 103 Å². The Morgan fingerprint density at radius 1 is 0.385 bits per heavy atom. The summed E-state index contributed by atoms with van der Waals surface area (Å²) in [6, 6.07) is 54.6. The molecule has 0 atom stereocenters. The van der Waals surface area contributed by atoms with E-state index < -0.39 is 0 Å². The lowest BCUT2D eigenvalue weighted by molar-refractivity contribution is 0.623. The quantitative estimate of drug-likeness (QED) is 0.173. The first kappa shape index (κ1) is 29.0. The Morgan fingerprint density at radius 3 is 1.88 bits per heavy atom. The van der Waals surface area contributed by atoms with Crippen LogP contribution < -0.4 is 0 Å². The molecule has 0 bridgehead atoms. The Bertz CT molecular complexity index is 3200. The van der Waals surface area contributed by atoms with Crippen molar-refractivity contribution in [2.24, 2.45) is 0 Å². The Morgan fingerprint density at radius 2 is 1.02 bits per heavy atom. The van der Waals surface area contributed by atoms with Crippen LogP contribution in [-0.2, 0) is 0 Å². The topological polar surface area (TPSA) is 64.7 Å². The largest absolute Gasteiger partial charge is 0.435 e. The van der Waals surface area contributed by atoms with Gasteiger partial charge in [-0.25, -0.2) is 19.9 Å². The number of hydrogen-bond donors (Lipinski definition) is 0. The number of hydrogen-bond acceptors (Lipinski definition) is 6. The predicted molar refractivity (Wildman–Crippen MR) is 215 cm³/mol. The van der Waals surface area contributed by atoms with Crippen molar-refractivity contribution in [2.45, 2.75) is 0 Å². The molecule has 0 aliphatic heterocycles. The Labute approximate surface area is 301 Å². The molecule has 5 nitrogen and oxygen atoms in total. The monoisotopic (exact) mass is 682 g/mol. The molecule has 52 heavy (non-hydrogen) atoms. The summed E-state index contributed by atoms with van der Waals surface area (Å²) in [6.07, 6.45) is 0. The van der Waals surface area contributed by atoms with E-state index in [1.165, 1.54) is 36.3 Å². The van der Waals surface area contributed by atoms with Crippen LogP contribution in [0, 0.1) is 0 Å². The molecule has 3 heterocycles. The van der Waals surface area contributed by atoms with Gasteiger partial charge in [0.2, 0.25) is 5.89 Å². The van der Waals surface area contributed by atoms with Crippen molar-refractivity contribution in [3.63, 3.8) is 0 Å². The van der Waals surface area contributed by atoms with Crippen molar-refractivity contribution >= 4 is 74.9 Å². The maximum Gasteiger partial charge on any atom is 0.227 e. The molecular formula is C46H26N4OS. The lowest BCUT2D eigenvalue weighted by Gasteiger charge is -2.10. The second-order valence-corrected chi connectivity index (χ2v) is 14.1. The second kappa shape index (κ2) is 11.4. The first-order chi connectivity index (χ1) is 25.7. The van der Waals surface area contributed by atoms with Crippen molar-refractivity contribution in [3.05, 3.63) is 158 Å². The van der Waals surface area contributed by atoms with Crippen LogP contribution in [0.15, 0.2) is 162 Å². The highest BCUT2D eigenvalue weighted by Crippen LogP contribution is 2.42. The highest BCUT2D eigenvalue weighted by Gasteiger charge is 2.18. The van der Waals surface area contributed by atoms with E-state index in [9.17, 15) is 0 Å². The molecule has 0 saturated carbocycles. The minimum Gasteiger partial charge on any atom is -0.435 e. The zero-order valence-electron chi connectivity index (χ0n) is 27.6. The molecular weight excluding hydrogens is 657 g/mol. The van der Waals surface area contributed by atoms with Gasteiger partial charge in [-0.1, -0.05) is 121 Å². The number of nitrogens with zero attached hydrogens (tertiary/aromatic N) is 4. The van der Waals surface area contributed by atoms with Crippen molar-refractivity contribution in [1.29, 1.82) is 0 Å². The smallest absolute Gasteiger partial charge is 0.227 e. The van der Waals surface area contributed by atoms with E-state index in [4.69, 9.17) is 24.4 Å². The molecule has 0 amide bonds. The van der Waals surface area contributed by atoms with Gasteiger partial charge in [-0.2, -0.15) is 0 Å². The first-order valence-corrected chi connectivity index (χ1v) is 18.0. The van der Waals surface area contributed by atoms with E-state index in [1.807, 2.05) is 54.6 Å². The van der Waals surface area contributed by atoms with Crippen LogP contribution in [0.3, 0.4) is 0 Å². The van der Waals surface area contributed by atoms with Gasteiger partial charge in [-0.05, 0) is 63.3 Å². The zero-order valence-corrected chi connectivity index (χ0v) is 28.4. The van der Waals surface area contributed by atoms with Crippen molar-refractivity contribution in [1.82, 2.24) is 19.9 Å². The highest BCUT2D eigenvalue weighted by molar-refractivity contribution is 7.26. The molecule has 0 aliphatic rings. The molecule has 0 saturated heterocycles. The Kier molecular flexibility index (Phi) is 6.35. The highest BCUT2D eigenvalue weighted by atomic mass is 32.1. The summed E-state index contributed by atoms with van der Waals surface area (Å²) in [5.41, 5.74) is 5.18. The van der Waals surface area contributed by atoms with Crippen LogP contribution in [0.1, 0.15) is 0 Å². The average molecular weight is 683 g/mol. The van der Waals surface area contributed by atoms with E-state index in [1.54, 1.807) is 11.3 Å². The fourth-order valence-electron chi connectivity index (χ4n) is 7.42. The minimum atomic E-state index is 0.555. The zero-order chi connectivity index (χ0) is 34.2. The minimum absolute atomic E-state index is 0.555. The number of benzene rings is 8. The van der Waals surface area contributed by atoms with Gasteiger partial charge in [0.1, 0.15) is 5.52 Å². The molecule has 11 aromatic rings. The maximum atomic E-state index is 6.69. The standard InChI is InChI=1S/C46H26N4OS/c1-2-10-30(11-3-1)43-48-44(50-45(49-43)32-20-19-28-18-17-27-9-4-5-14-34(27)36(28)26-32)31-12-8-13-33(25-31)46-47-37-23-21-29-22-24-39-41(40(29)42(37)51-46)35-15-6-7-16-38(35)52-39/h1-26H. The molecule has 8 aromatic carbocycles. The van der Waals surface area contributed by atoms with Crippen molar-refractivity contribution in [3.8, 4) is 45.6 Å². The molecule has 242 valence electrons. The van der Waals surface area contributed by atoms with Crippen LogP contribution >= 0.6 is 11.3 Å². The van der Waals surface area contributed by atoms with Crippen LogP contribution in [0.25, 0.3) is 109 Å². The molecule has 0 fully saturated rings. The normalized spacial score (nSPS) is 11.8. The summed E-state index contributed by atoms with van der Waals surface area (Å²) >= 11 is 1.81. The molecule has 0 unspecified atom stereocenters. The van der Waals surface area contributed by atoms with Crippen molar-refractivity contribution < 1.29 is 4.42 Å². The SMILES string of the molecule is c1ccc(-c2nc(-c3cccc(-c4nc5ccc6ccc7sc8ccccc8c7c6c5o4)c3)nc(-c3ccc4ccc5ccccc5c4c3)n2)cc1. The van der Waals surface area contributed by atoms with Gasteiger partial charge >= 0.3 is 0 Å². The van der Waals surface area contributed by atoms with Crippen LogP contribution in [0.5, 0.6) is 0 Å². The van der Waals surface area contributed by atoms with E-state index in [0.717, 1.165) is 49.5 Å². The number of oxazole rings is 1. The molecule has 0 spiro atoms. The fourth-order valence-corrected chi connectivity index (χ4v) is 8.53. The summed E-state index contributed by atoms with van der Waals surface area (Å²) in [6.45, 7) is 0. The average Bonchev–Trinajstić information content (AvgIpc) is 3.83. The Hall–Kier alpha value is -6.76. The summed E-state index contributed by atoms with van der Waals surface area (Å²) < 4.78 is 9.19. The first-order valence-electron chi connectivity index (χ1n) is 17.2. The van der Waals surface area contributed by atoms with Gasteiger partial charge < -0.3 is 4.42 Å². The van der Waals surface area contributed by atoms with Gasteiger partial charge in [0.15, 0.2) is 23.1 Å². The molecule has 11 rings (SSSR count). The van der Waals surface area contributed by atoms with Gasteiger partial charge in [-0.3, -0.25) is 0 Å².